The molecule has 0 atom stereocenters. The van der Waals surface area contributed by atoms with Crippen LogP contribution in [0, 0.1) is 0 Å². The van der Waals surface area contributed by atoms with Gasteiger partial charge < -0.3 is 18.6 Å². The molecule has 0 saturated carbocycles. The Labute approximate surface area is 162 Å². The molecule has 148 valence electrons. The zero-order valence-corrected chi connectivity index (χ0v) is 16.0. The lowest BCUT2D eigenvalue weighted by atomic mass is 10.2. The maximum atomic E-state index is 12.3. The summed E-state index contributed by atoms with van der Waals surface area (Å²) in [6.07, 6.45) is 0.491. The van der Waals surface area contributed by atoms with E-state index in [-0.39, 0.29) is 6.61 Å². The van der Waals surface area contributed by atoms with Gasteiger partial charge in [0.1, 0.15) is 0 Å². The first kappa shape index (κ1) is 19.5. The van der Waals surface area contributed by atoms with Crippen molar-refractivity contribution in [3.63, 3.8) is 0 Å². The zero-order chi connectivity index (χ0) is 19.9. The molecule has 0 N–H and O–H groups in total. The van der Waals surface area contributed by atoms with Gasteiger partial charge in [-0.25, -0.2) is 9.59 Å². The molecular formula is C21H23NO6. The SMILES string of the molecule is CCOc1ccc(C(=O)OCCCn2c(=O)oc3ccccc32)cc1OCC. The van der Waals surface area contributed by atoms with Crippen molar-refractivity contribution in [2.75, 3.05) is 19.8 Å². The molecule has 7 heteroatoms. The van der Waals surface area contributed by atoms with Crippen LogP contribution in [0.5, 0.6) is 11.5 Å². The maximum Gasteiger partial charge on any atom is 0.419 e. The summed E-state index contributed by atoms with van der Waals surface area (Å²) in [5.74, 6) is 0.233. The number of hydrogen-bond donors (Lipinski definition) is 0. The van der Waals surface area contributed by atoms with Gasteiger partial charge in [-0.1, -0.05) is 12.1 Å². The van der Waals surface area contributed by atoms with Gasteiger partial charge in [-0.05, 0) is 50.6 Å². The van der Waals surface area contributed by atoms with E-state index in [1.807, 2.05) is 32.0 Å². The normalized spacial score (nSPS) is 10.8. The number of carbonyl (C=O) groups is 1. The molecule has 0 aliphatic carbocycles. The van der Waals surface area contributed by atoms with Gasteiger partial charge in [0.25, 0.3) is 0 Å². The van der Waals surface area contributed by atoms with E-state index in [4.69, 9.17) is 18.6 Å². The molecule has 1 aromatic heterocycles. The molecule has 0 aliphatic heterocycles. The second kappa shape index (κ2) is 9.12. The highest BCUT2D eigenvalue weighted by molar-refractivity contribution is 5.90. The second-order valence-electron chi connectivity index (χ2n) is 6.00. The predicted molar refractivity (Wildman–Crippen MR) is 104 cm³/mol. The first-order valence-corrected chi connectivity index (χ1v) is 9.29. The molecule has 0 bridgehead atoms. The number of aryl methyl sites for hydroxylation is 1. The molecule has 3 aromatic rings. The fraction of sp³-hybridized carbons (Fsp3) is 0.333. The van der Waals surface area contributed by atoms with Gasteiger partial charge in [-0.2, -0.15) is 0 Å². The lowest BCUT2D eigenvalue weighted by molar-refractivity contribution is 0.0495. The van der Waals surface area contributed by atoms with E-state index in [0.717, 1.165) is 5.52 Å². The van der Waals surface area contributed by atoms with Gasteiger partial charge in [0.05, 0.1) is 30.9 Å². The van der Waals surface area contributed by atoms with Gasteiger partial charge in [0.15, 0.2) is 17.1 Å². The molecule has 0 saturated heterocycles. The molecule has 2 aromatic carbocycles. The molecule has 0 amide bonds. The summed E-state index contributed by atoms with van der Waals surface area (Å²) in [7, 11) is 0. The molecule has 0 radical (unpaired) electrons. The largest absolute Gasteiger partial charge is 0.490 e. The van der Waals surface area contributed by atoms with Crippen LogP contribution >= 0.6 is 0 Å². The van der Waals surface area contributed by atoms with Crippen LogP contribution in [0.25, 0.3) is 11.1 Å². The summed E-state index contributed by atoms with van der Waals surface area (Å²) >= 11 is 0. The summed E-state index contributed by atoms with van der Waals surface area (Å²) in [6.45, 7) is 5.30. The number of aromatic nitrogens is 1. The number of ether oxygens (including phenoxy) is 3. The number of para-hydroxylation sites is 2. The van der Waals surface area contributed by atoms with Crippen LogP contribution in [0.2, 0.25) is 0 Å². The highest BCUT2D eigenvalue weighted by atomic mass is 16.5. The minimum absolute atomic E-state index is 0.182. The number of rotatable bonds is 9. The van der Waals surface area contributed by atoms with Crippen LogP contribution in [0.1, 0.15) is 30.6 Å². The lowest BCUT2D eigenvalue weighted by Gasteiger charge is -2.12. The number of nitrogens with zero attached hydrogens (tertiary/aromatic N) is 1. The monoisotopic (exact) mass is 385 g/mol. The van der Waals surface area contributed by atoms with E-state index < -0.39 is 11.7 Å². The van der Waals surface area contributed by atoms with Crippen LogP contribution < -0.4 is 15.2 Å². The number of oxazole rings is 1. The Balaban J connectivity index is 1.59. The minimum atomic E-state index is -0.451. The van der Waals surface area contributed by atoms with Crippen molar-refractivity contribution in [1.82, 2.24) is 4.57 Å². The molecule has 28 heavy (non-hydrogen) atoms. The number of esters is 1. The van der Waals surface area contributed by atoms with Crippen LogP contribution in [0.4, 0.5) is 0 Å². The van der Waals surface area contributed by atoms with Gasteiger partial charge in [0.2, 0.25) is 0 Å². The molecule has 1 heterocycles. The van der Waals surface area contributed by atoms with E-state index in [0.29, 0.717) is 48.8 Å². The fourth-order valence-corrected chi connectivity index (χ4v) is 2.87. The van der Waals surface area contributed by atoms with Crippen LogP contribution in [0.3, 0.4) is 0 Å². The van der Waals surface area contributed by atoms with Crippen LogP contribution in [-0.4, -0.2) is 30.4 Å². The quantitative estimate of drug-likeness (QED) is 0.413. The van der Waals surface area contributed by atoms with Crippen molar-refractivity contribution in [2.45, 2.75) is 26.8 Å². The third kappa shape index (κ3) is 4.36. The fourth-order valence-electron chi connectivity index (χ4n) is 2.87. The van der Waals surface area contributed by atoms with Crippen molar-refractivity contribution < 1.29 is 23.4 Å². The third-order valence-electron chi connectivity index (χ3n) is 4.11. The van der Waals surface area contributed by atoms with Gasteiger partial charge in [-0.15, -0.1) is 0 Å². The Morgan fingerprint density at radius 1 is 1.04 bits per heavy atom. The smallest absolute Gasteiger partial charge is 0.419 e. The molecule has 0 spiro atoms. The summed E-state index contributed by atoms with van der Waals surface area (Å²) in [4.78, 5) is 24.2. The average molecular weight is 385 g/mol. The maximum absolute atomic E-state index is 12.3. The van der Waals surface area contributed by atoms with Crippen molar-refractivity contribution in [3.8, 4) is 11.5 Å². The number of hydrogen-bond acceptors (Lipinski definition) is 6. The summed E-state index contributed by atoms with van der Waals surface area (Å²) in [5.41, 5.74) is 1.66. The Hall–Kier alpha value is -3.22. The Morgan fingerprint density at radius 3 is 2.57 bits per heavy atom. The van der Waals surface area contributed by atoms with E-state index in [1.54, 1.807) is 24.3 Å². The summed E-state index contributed by atoms with van der Waals surface area (Å²) < 4.78 is 23.1. The number of benzene rings is 2. The molecular weight excluding hydrogens is 362 g/mol. The van der Waals surface area contributed by atoms with Crippen molar-refractivity contribution >= 4 is 17.1 Å². The summed E-state index contributed by atoms with van der Waals surface area (Å²) in [6, 6.07) is 12.2. The third-order valence-corrected chi connectivity index (χ3v) is 4.11. The summed E-state index contributed by atoms with van der Waals surface area (Å²) in [5, 5.41) is 0. The highest BCUT2D eigenvalue weighted by Gasteiger charge is 2.13. The predicted octanol–water partition coefficient (Wildman–Crippen LogP) is 3.64. The van der Waals surface area contributed by atoms with Crippen molar-refractivity contribution in [1.29, 1.82) is 0 Å². The van der Waals surface area contributed by atoms with E-state index >= 15 is 0 Å². The van der Waals surface area contributed by atoms with Crippen LogP contribution in [0.15, 0.2) is 51.7 Å². The zero-order valence-electron chi connectivity index (χ0n) is 16.0. The first-order valence-electron chi connectivity index (χ1n) is 9.29. The molecule has 0 unspecified atom stereocenters. The molecule has 3 rings (SSSR count). The van der Waals surface area contributed by atoms with E-state index in [1.165, 1.54) is 4.57 Å². The van der Waals surface area contributed by atoms with E-state index in [9.17, 15) is 9.59 Å². The topological polar surface area (TPSA) is 79.9 Å². The second-order valence-corrected chi connectivity index (χ2v) is 6.00. The van der Waals surface area contributed by atoms with Gasteiger partial charge in [-0.3, -0.25) is 4.57 Å². The highest BCUT2D eigenvalue weighted by Crippen LogP contribution is 2.28. The Kier molecular flexibility index (Phi) is 6.37. The average Bonchev–Trinajstić information content (AvgIpc) is 3.02. The van der Waals surface area contributed by atoms with Gasteiger partial charge in [0, 0.05) is 6.54 Å². The lowest BCUT2D eigenvalue weighted by Crippen LogP contribution is -2.16. The first-order chi connectivity index (χ1) is 13.6. The van der Waals surface area contributed by atoms with E-state index in [2.05, 4.69) is 0 Å². The van der Waals surface area contributed by atoms with Gasteiger partial charge >= 0.3 is 11.7 Å². The number of carbonyl (C=O) groups excluding carboxylic acids is 1. The molecule has 7 nitrogen and oxygen atoms in total. The minimum Gasteiger partial charge on any atom is -0.490 e. The Bertz CT molecular complexity index is 1000. The van der Waals surface area contributed by atoms with Crippen molar-refractivity contribution in [3.05, 3.63) is 58.6 Å². The molecule has 0 aliphatic rings. The Morgan fingerprint density at radius 2 is 1.79 bits per heavy atom. The van der Waals surface area contributed by atoms with Crippen molar-refractivity contribution in [2.24, 2.45) is 0 Å². The van der Waals surface area contributed by atoms with Crippen LogP contribution in [-0.2, 0) is 11.3 Å². The standard InChI is InChI=1S/C21H23NO6/c1-3-25-18-11-10-15(14-19(18)26-4-2)20(23)27-13-7-12-22-16-8-5-6-9-17(16)28-21(22)24/h5-6,8-11,14H,3-4,7,12-13H2,1-2H3. The molecule has 0 fully saturated rings. The number of fused-ring (bicyclic) bond motifs is 1.